The molecule has 1 aliphatic heterocycles. The van der Waals surface area contributed by atoms with E-state index >= 15 is 0 Å². The predicted molar refractivity (Wildman–Crippen MR) is 70.0 cm³/mol. The van der Waals surface area contributed by atoms with Crippen molar-refractivity contribution < 1.29 is 0 Å². The van der Waals surface area contributed by atoms with E-state index in [1.54, 1.807) is 0 Å². The number of rotatable bonds is 2. The van der Waals surface area contributed by atoms with Gasteiger partial charge in [-0.25, -0.2) is 0 Å². The number of hydrogen-bond acceptors (Lipinski definition) is 0. The quantitative estimate of drug-likeness (QED) is 0.711. The zero-order valence-corrected chi connectivity index (χ0v) is 10.2. The highest BCUT2D eigenvalue weighted by atomic mass is 127. The highest BCUT2D eigenvalue weighted by molar-refractivity contribution is 14.2. The summed E-state index contributed by atoms with van der Waals surface area (Å²) < 4.78 is 0. The van der Waals surface area contributed by atoms with Crippen molar-refractivity contribution in [2.24, 2.45) is 0 Å². The number of halogens is 1. The SMILES string of the molecule is IS1(Cc2ccccc2)C=CC=C1. The Labute approximate surface area is 92.6 Å². The van der Waals surface area contributed by atoms with E-state index < -0.39 is 7.20 Å². The number of allylic oxidation sites excluding steroid dienone is 2. The normalized spacial score (nSPS) is 20.4. The molecule has 0 unspecified atom stereocenters. The fourth-order valence-corrected chi connectivity index (χ4v) is 5.11. The summed E-state index contributed by atoms with van der Waals surface area (Å²) in [6.45, 7) is 0. The molecule has 0 aliphatic carbocycles. The molecule has 1 aromatic rings. The molecule has 0 aromatic heterocycles. The van der Waals surface area contributed by atoms with Gasteiger partial charge in [-0.2, -0.15) is 0 Å². The number of benzene rings is 1. The Bertz CT molecular complexity index is 328. The Kier molecular flexibility index (Phi) is 2.79. The van der Waals surface area contributed by atoms with Gasteiger partial charge in [0.2, 0.25) is 0 Å². The lowest BCUT2D eigenvalue weighted by atomic mass is 10.2. The van der Waals surface area contributed by atoms with E-state index in [2.05, 4.69) is 74.5 Å². The van der Waals surface area contributed by atoms with Gasteiger partial charge >= 0.3 is 0 Å². The maximum absolute atomic E-state index is 2.58. The lowest BCUT2D eigenvalue weighted by molar-refractivity contribution is 1.42. The summed E-state index contributed by atoms with van der Waals surface area (Å²) in [5, 5.41) is 4.67. The molecule has 13 heavy (non-hydrogen) atoms. The van der Waals surface area contributed by atoms with Crippen molar-refractivity contribution in [1.29, 1.82) is 0 Å². The Morgan fingerprint density at radius 3 is 2.23 bits per heavy atom. The summed E-state index contributed by atoms with van der Waals surface area (Å²) in [6, 6.07) is 10.7. The van der Waals surface area contributed by atoms with Crippen LogP contribution in [0.15, 0.2) is 53.3 Å². The van der Waals surface area contributed by atoms with Crippen LogP contribution in [-0.4, -0.2) is 0 Å². The van der Waals surface area contributed by atoms with Crippen LogP contribution in [0, 0.1) is 0 Å². The smallest absolute Gasteiger partial charge is 0.0179 e. The maximum atomic E-state index is 2.58. The molecule has 0 fully saturated rings. The summed E-state index contributed by atoms with van der Waals surface area (Å²) in [6.07, 6.45) is 4.31. The van der Waals surface area contributed by atoms with Crippen LogP contribution in [0.5, 0.6) is 0 Å². The first-order valence-electron chi connectivity index (χ1n) is 4.18. The van der Waals surface area contributed by atoms with Crippen LogP contribution in [-0.2, 0) is 5.75 Å². The maximum Gasteiger partial charge on any atom is 0.0179 e. The van der Waals surface area contributed by atoms with Crippen molar-refractivity contribution in [1.82, 2.24) is 0 Å². The monoisotopic (exact) mass is 302 g/mol. The van der Waals surface area contributed by atoms with E-state index in [-0.39, 0.29) is 0 Å². The van der Waals surface area contributed by atoms with Gasteiger partial charge in [-0.1, -0.05) is 42.5 Å². The van der Waals surface area contributed by atoms with E-state index in [9.17, 15) is 0 Å². The Morgan fingerprint density at radius 1 is 1.00 bits per heavy atom. The first-order valence-corrected chi connectivity index (χ1v) is 8.65. The van der Waals surface area contributed by atoms with Gasteiger partial charge in [0.1, 0.15) is 0 Å². The average molecular weight is 302 g/mol. The van der Waals surface area contributed by atoms with Gasteiger partial charge in [0.15, 0.2) is 0 Å². The fraction of sp³-hybridized carbons (Fsp3) is 0.0909. The molecular formula is C11H11IS. The van der Waals surface area contributed by atoms with Crippen LogP contribution in [0.3, 0.4) is 0 Å². The molecule has 1 heterocycles. The van der Waals surface area contributed by atoms with Crippen LogP contribution >= 0.6 is 28.4 Å². The predicted octanol–water partition coefficient (Wildman–Crippen LogP) is 4.38. The lowest BCUT2D eigenvalue weighted by Crippen LogP contribution is -1.86. The minimum absolute atomic E-state index is 0.648. The molecular weight excluding hydrogens is 291 g/mol. The van der Waals surface area contributed by atoms with Crippen molar-refractivity contribution in [3.05, 3.63) is 58.9 Å². The molecule has 2 heteroatoms. The van der Waals surface area contributed by atoms with Crippen molar-refractivity contribution in [2.45, 2.75) is 5.75 Å². The third-order valence-corrected chi connectivity index (χ3v) is 6.64. The van der Waals surface area contributed by atoms with Crippen molar-refractivity contribution in [3.63, 3.8) is 0 Å². The van der Waals surface area contributed by atoms with Crippen LogP contribution < -0.4 is 0 Å². The Hall–Kier alpha value is -0.220. The van der Waals surface area contributed by atoms with Crippen LogP contribution in [0.25, 0.3) is 0 Å². The highest BCUT2D eigenvalue weighted by Gasteiger charge is 2.15. The minimum Gasteiger partial charge on any atom is -0.142 e. The van der Waals surface area contributed by atoms with Gasteiger partial charge in [0, 0.05) is 5.75 Å². The molecule has 2 rings (SSSR count). The average Bonchev–Trinajstić information content (AvgIpc) is 2.54. The van der Waals surface area contributed by atoms with E-state index in [1.165, 1.54) is 11.3 Å². The van der Waals surface area contributed by atoms with Gasteiger partial charge in [-0.3, -0.25) is 0 Å². The van der Waals surface area contributed by atoms with E-state index in [0.29, 0.717) is 0 Å². The minimum atomic E-state index is -0.648. The van der Waals surface area contributed by atoms with Crippen molar-refractivity contribution in [2.75, 3.05) is 0 Å². The van der Waals surface area contributed by atoms with E-state index in [1.807, 2.05) is 0 Å². The molecule has 0 bridgehead atoms. The largest absolute Gasteiger partial charge is 0.142 e. The third-order valence-electron chi connectivity index (χ3n) is 1.95. The van der Waals surface area contributed by atoms with Crippen LogP contribution in [0.4, 0.5) is 0 Å². The summed E-state index contributed by atoms with van der Waals surface area (Å²) >= 11 is 2.58. The zero-order valence-electron chi connectivity index (χ0n) is 7.19. The van der Waals surface area contributed by atoms with E-state index in [4.69, 9.17) is 0 Å². The second-order valence-electron chi connectivity index (χ2n) is 3.04. The van der Waals surface area contributed by atoms with Crippen LogP contribution in [0.2, 0.25) is 0 Å². The molecule has 0 radical (unpaired) electrons. The standard InChI is InChI=1S/C11H11IS/c12-13(8-4-5-9-13)10-11-6-2-1-3-7-11/h1-9H,10H2. The topological polar surface area (TPSA) is 0 Å². The fourth-order valence-electron chi connectivity index (χ4n) is 1.32. The third kappa shape index (κ3) is 2.38. The first-order chi connectivity index (χ1) is 6.29. The van der Waals surface area contributed by atoms with Gasteiger partial charge < -0.3 is 0 Å². The van der Waals surface area contributed by atoms with Gasteiger partial charge in [-0.05, 0) is 37.6 Å². The van der Waals surface area contributed by atoms with Crippen molar-refractivity contribution >= 4 is 28.4 Å². The molecule has 0 saturated heterocycles. The zero-order chi connectivity index (χ0) is 9.15. The summed E-state index contributed by atoms with van der Waals surface area (Å²) in [5.41, 5.74) is 1.43. The molecule has 0 N–H and O–H groups in total. The number of hydrogen-bond donors (Lipinski definition) is 0. The Morgan fingerprint density at radius 2 is 1.62 bits per heavy atom. The van der Waals surface area contributed by atoms with Gasteiger partial charge in [-0.15, -0.1) is 7.20 Å². The Balaban J connectivity index is 2.15. The molecule has 1 aromatic carbocycles. The molecule has 1 aliphatic rings. The summed E-state index contributed by atoms with van der Waals surface area (Å²) in [5.74, 6) is 1.17. The molecule has 0 nitrogen and oxygen atoms in total. The summed E-state index contributed by atoms with van der Waals surface area (Å²) in [4.78, 5) is 0. The van der Waals surface area contributed by atoms with Gasteiger partial charge in [0.05, 0.1) is 0 Å². The first kappa shape index (κ1) is 9.34. The molecule has 0 amide bonds. The van der Waals surface area contributed by atoms with Crippen molar-refractivity contribution in [3.8, 4) is 0 Å². The molecule has 0 spiro atoms. The second-order valence-corrected chi connectivity index (χ2v) is 10.3. The molecule has 0 saturated carbocycles. The van der Waals surface area contributed by atoms with E-state index in [0.717, 1.165) is 0 Å². The highest BCUT2D eigenvalue weighted by Crippen LogP contribution is 2.63. The summed E-state index contributed by atoms with van der Waals surface area (Å²) in [7, 11) is -0.648. The van der Waals surface area contributed by atoms with Crippen LogP contribution in [0.1, 0.15) is 5.56 Å². The lowest BCUT2D eigenvalue weighted by Gasteiger charge is -2.23. The van der Waals surface area contributed by atoms with Gasteiger partial charge in [0.25, 0.3) is 0 Å². The molecule has 0 atom stereocenters. The second kappa shape index (κ2) is 3.88. The molecule has 68 valence electrons.